The standard InChI is InChI=1S/C14H18N4O2/c1-3-5-12-16-13(18-17-12)14(19)15-11-7-4-6-10(8-11)9-20-2/h4,6-8H,3,5,9H2,1-2H3,(H,15,19)(H,16,17,18). The fourth-order valence-electron chi connectivity index (χ4n) is 1.84. The monoisotopic (exact) mass is 274 g/mol. The first-order valence-corrected chi connectivity index (χ1v) is 6.53. The highest BCUT2D eigenvalue weighted by atomic mass is 16.5. The van der Waals surface area contributed by atoms with Gasteiger partial charge in [-0.2, -0.15) is 0 Å². The van der Waals surface area contributed by atoms with E-state index in [1.54, 1.807) is 7.11 Å². The fourth-order valence-corrected chi connectivity index (χ4v) is 1.84. The van der Waals surface area contributed by atoms with Crippen LogP contribution in [0.2, 0.25) is 0 Å². The van der Waals surface area contributed by atoms with Gasteiger partial charge in [-0.05, 0) is 24.1 Å². The van der Waals surface area contributed by atoms with Crippen LogP contribution >= 0.6 is 0 Å². The fraction of sp³-hybridized carbons (Fsp3) is 0.357. The third-order valence-electron chi connectivity index (χ3n) is 2.72. The van der Waals surface area contributed by atoms with Gasteiger partial charge < -0.3 is 10.1 Å². The van der Waals surface area contributed by atoms with E-state index in [0.29, 0.717) is 12.3 Å². The van der Waals surface area contributed by atoms with Gasteiger partial charge in [0, 0.05) is 19.2 Å². The third-order valence-corrected chi connectivity index (χ3v) is 2.72. The molecule has 0 saturated heterocycles. The first-order valence-electron chi connectivity index (χ1n) is 6.53. The summed E-state index contributed by atoms with van der Waals surface area (Å²) in [5.41, 5.74) is 1.69. The molecule has 0 atom stereocenters. The Morgan fingerprint density at radius 1 is 1.45 bits per heavy atom. The normalized spacial score (nSPS) is 10.5. The maximum atomic E-state index is 12.0. The van der Waals surface area contributed by atoms with Crippen LogP contribution in [-0.2, 0) is 17.8 Å². The molecule has 0 spiro atoms. The quantitative estimate of drug-likeness (QED) is 0.846. The molecular formula is C14H18N4O2. The topological polar surface area (TPSA) is 79.9 Å². The Labute approximate surface area is 117 Å². The number of nitrogens with one attached hydrogen (secondary N) is 2. The lowest BCUT2D eigenvalue weighted by Gasteiger charge is -2.05. The van der Waals surface area contributed by atoms with Gasteiger partial charge >= 0.3 is 0 Å². The van der Waals surface area contributed by atoms with Crippen molar-refractivity contribution in [1.29, 1.82) is 0 Å². The van der Waals surface area contributed by atoms with Gasteiger partial charge in [0.25, 0.3) is 5.91 Å². The molecule has 0 aliphatic carbocycles. The van der Waals surface area contributed by atoms with Crippen molar-refractivity contribution in [1.82, 2.24) is 15.2 Å². The van der Waals surface area contributed by atoms with Crippen LogP contribution in [-0.4, -0.2) is 28.2 Å². The van der Waals surface area contributed by atoms with Crippen LogP contribution in [0.3, 0.4) is 0 Å². The molecule has 0 bridgehead atoms. The van der Waals surface area contributed by atoms with Gasteiger partial charge in [-0.25, -0.2) is 4.98 Å². The maximum Gasteiger partial charge on any atom is 0.295 e. The molecule has 0 aliphatic heterocycles. The summed E-state index contributed by atoms with van der Waals surface area (Å²) >= 11 is 0. The summed E-state index contributed by atoms with van der Waals surface area (Å²) in [6, 6.07) is 7.48. The lowest BCUT2D eigenvalue weighted by atomic mass is 10.2. The summed E-state index contributed by atoms with van der Waals surface area (Å²) in [7, 11) is 1.63. The van der Waals surface area contributed by atoms with Crippen molar-refractivity contribution in [3.63, 3.8) is 0 Å². The van der Waals surface area contributed by atoms with Crippen molar-refractivity contribution in [2.75, 3.05) is 12.4 Å². The molecule has 106 valence electrons. The van der Waals surface area contributed by atoms with Crippen molar-refractivity contribution in [2.24, 2.45) is 0 Å². The summed E-state index contributed by atoms with van der Waals surface area (Å²) in [5.74, 6) is 0.564. The third kappa shape index (κ3) is 3.64. The Bertz CT molecular complexity index is 580. The summed E-state index contributed by atoms with van der Waals surface area (Å²) in [6.45, 7) is 2.55. The highest BCUT2D eigenvalue weighted by Gasteiger charge is 2.12. The number of hydrogen-bond acceptors (Lipinski definition) is 4. The molecule has 0 unspecified atom stereocenters. The van der Waals surface area contributed by atoms with Crippen LogP contribution in [0.25, 0.3) is 0 Å². The van der Waals surface area contributed by atoms with E-state index in [4.69, 9.17) is 4.74 Å². The molecule has 6 heteroatoms. The number of nitrogens with zero attached hydrogens (tertiary/aromatic N) is 2. The minimum Gasteiger partial charge on any atom is -0.380 e. The van der Waals surface area contributed by atoms with Crippen LogP contribution in [0.5, 0.6) is 0 Å². The Balaban J connectivity index is 2.04. The Morgan fingerprint density at radius 3 is 3.05 bits per heavy atom. The molecule has 1 aromatic carbocycles. The highest BCUT2D eigenvalue weighted by Crippen LogP contribution is 2.12. The molecule has 20 heavy (non-hydrogen) atoms. The number of ether oxygens (including phenoxy) is 1. The number of H-pyrrole nitrogens is 1. The number of aryl methyl sites for hydroxylation is 1. The summed E-state index contributed by atoms with van der Waals surface area (Å²) in [6.07, 6.45) is 1.74. The maximum absolute atomic E-state index is 12.0. The zero-order chi connectivity index (χ0) is 14.4. The van der Waals surface area contributed by atoms with Crippen LogP contribution < -0.4 is 5.32 Å². The predicted octanol–water partition coefficient (Wildman–Crippen LogP) is 2.16. The lowest BCUT2D eigenvalue weighted by Crippen LogP contribution is -2.14. The second kappa shape index (κ2) is 6.81. The number of carbonyl (C=O) groups is 1. The van der Waals surface area contributed by atoms with E-state index >= 15 is 0 Å². The summed E-state index contributed by atoms with van der Waals surface area (Å²) in [5, 5.41) is 9.45. The van der Waals surface area contributed by atoms with Gasteiger partial charge in [0.2, 0.25) is 5.82 Å². The van der Waals surface area contributed by atoms with Crippen LogP contribution in [0, 0.1) is 0 Å². The zero-order valence-corrected chi connectivity index (χ0v) is 11.6. The number of aromatic nitrogens is 3. The van der Waals surface area contributed by atoms with E-state index in [1.807, 2.05) is 31.2 Å². The molecule has 1 aromatic heterocycles. The van der Waals surface area contributed by atoms with Crippen molar-refractivity contribution in [3.05, 3.63) is 41.5 Å². The van der Waals surface area contributed by atoms with Crippen molar-refractivity contribution in [3.8, 4) is 0 Å². The number of methoxy groups -OCH3 is 1. The number of amides is 1. The Morgan fingerprint density at radius 2 is 2.30 bits per heavy atom. The first-order chi connectivity index (χ1) is 9.72. The molecule has 1 heterocycles. The lowest BCUT2D eigenvalue weighted by molar-refractivity contribution is 0.101. The Kier molecular flexibility index (Phi) is 4.84. The average Bonchev–Trinajstić information content (AvgIpc) is 2.89. The molecule has 2 aromatic rings. The van der Waals surface area contributed by atoms with Crippen LogP contribution in [0.15, 0.2) is 24.3 Å². The van der Waals surface area contributed by atoms with E-state index < -0.39 is 0 Å². The van der Waals surface area contributed by atoms with Crippen molar-refractivity contribution < 1.29 is 9.53 Å². The molecule has 2 N–H and O–H groups in total. The van der Waals surface area contributed by atoms with E-state index in [1.165, 1.54) is 0 Å². The molecule has 0 radical (unpaired) electrons. The second-order valence-corrected chi connectivity index (χ2v) is 4.44. The van der Waals surface area contributed by atoms with Crippen LogP contribution in [0.1, 0.15) is 35.4 Å². The van der Waals surface area contributed by atoms with E-state index in [9.17, 15) is 4.79 Å². The van der Waals surface area contributed by atoms with Crippen molar-refractivity contribution in [2.45, 2.75) is 26.4 Å². The molecule has 0 aliphatic rings. The number of aromatic amines is 1. The molecule has 6 nitrogen and oxygen atoms in total. The van der Waals surface area contributed by atoms with Gasteiger partial charge in [0.15, 0.2) is 0 Å². The minimum atomic E-state index is -0.321. The largest absolute Gasteiger partial charge is 0.380 e. The van der Waals surface area contributed by atoms with E-state index in [0.717, 1.165) is 24.2 Å². The van der Waals surface area contributed by atoms with Crippen molar-refractivity contribution >= 4 is 11.6 Å². The molecular weight excluding hydrogens is 256 g/mol. The first kappa shape index (κ1) is 14.2. The predicted molar refractivity (Wildman–Crippen MR) is 75.5 cm³/mol. The number of carbonyl (C=O) groups excluding carboxylic acids is 1. The molecule has 1 amide bonds. The van der Waals surface area contributed by atoms with Gasteiger partial charge in [0.05, 0.1) is 6.61 Å². The minimum absolute atomic E-state index is 0.158. The van der Waals surface area contributed by atoms with Gasteiger partial charge in [0.1, 0.15) is 5.82 Å². The van der Waals surface area contributed by atoms with Gasteiger partial charge in [-0.1, -0.05) is 19.1 Å². The number of rotatable bonds is 6. The smallest absolute Gasteiger partial charge is 0.295 e. The average molecular weight is 274 g/mol. The van der Waals surface area contributed by atoms with Gasteiger partial charge in [-0.15, -0.1) is 5.10 Å². The van der Waals surface area contributed by atoms with E-state index in [2.05, 4.69) is 20.5 Å². The SMILES string of the molecule is CCCc1nc(C(=O)Nc2cccc(COC)c2)n[nH]1. The van der Waals surface area contributed by atoms with E-state index in [-0.39, 0.29) is 11.7 Å². The molecule has 0 fully saturated rings. The summed E-state index contributed by atoms with van der Waals surface area (Å²) < 4.78 is 5.06. The number of benzene rings is 1. The second-order valence-electron chi connectivity index (χ2n) is 4.44. The number of anilines is 1. The number of hydrogen-bond donors (Lipinski definition) is 2. The zero-order valence-electron chi connectivity index (χ0n) is 11.6. The van der Waals surface area contributed by atoms with Crippen LogP contribution in [0.4, 0.5) is 5.69 Å². The van der Waals surface area contributed by atoms with Gasteiger partial charge in [-0.3, -0.25) is 9.89 Å². The Hall–Kier alpha value is -2.21. The highest BCUT2D eigenvalue weighted by molar-refractivity contribution is 6.01. The molecule has 0 saturated carbocycles. The molecule has 2 rings (SSSR count). The summed E-state index contributed by atoms with van der Waals surface area (Å²) in [4.78, 5) is 16.2.